The van der Waals surface area contributed by atoms with E-state index in [0.29, 0.717) is 12.0 Å². The number of benzene rings is 1. The molecule has 1 aliphatic rings. The van der Waals surface area contributed by atoms with Gasteiger partial charge in [0.05, 0.1) is 48.8 Å². The second-order valence-corrected chi connectivity index (χ2v) is 22.8. The Morgan fingerprint density at radius 2 is 1.17 bits per heavy atom. The van der Waals surface area contributed by atoms with Gasteiger partial charge in [-0.2, -0.15) is 0 Å². The fourth-order valence-corrected chi connectivity index (χ4v) is 9.87. The highest BCUT2D eigenvalue weighted by atomic mass is 16.5. The van der Waals surface area contributed by atoms with Crippen LogP contribution in [0, 0.1) is 23.7 Å². The van der Waals surface area contributed by atoms with E-state index in [1.165, 1.54) is 13.8 Å². The molecule has 3 unspecified atom stereocenters. The number of nitrogens with one attached hydrogen (secondary N) is 8. The lowest BCUT2D eigenvalue weighted by molar-refractivity contribution is -0.149. The number of carbonyl (C=O) groups is 12. The van der Waals surface area contributed by atoms with Gasteiger partial charge in [-0.25, -0.2) is 0 Å². The smallest absolute Gasteiger partial charge is 0.306 e. The van der Waals surface area contributed by atoms with E-state index in [1.807, 2.05) is 6.92 Å². The number of carbonyl (C=O) groups excluding carboxylic acids is 12. The number of hydrogen-bond donors (Lipinski definition) is 15. The van der Waals surface area contributed by atoms with Crippen molar-refractivity contribution in [1.82, 2.24) is 42.5 Å². The van der Waals surface area contributed by atoms with Crippen LogP contribution in [0.25, 0.3) is 0 Å². The maximum atomic E-state index is 14.6. The van der Waals surface area contributed by atoms with Crippen LogP contribution >= 0.6 is 0 Å². The van der Waals surface area contributed by atoms with Gasteiger partial charge in [-0.05, 0) is 116 Å². The van der Waals surface area contributed by atoms with Crippen LogP contribution in [-0.4, -0.2) is 181 Å². The Morgan fingerprint density at radius 3 is 1.75 bits per heavy atom. The van der Waals surface area contributed by atoms with Crippen LogP contribution in [0.3, 0.4) is 0 Å². The minimum Gasteiger partial charge on any atom is -0.463 e. The SMILES string of the molecule is CCCC(C)OC(=O)CCC(=O)N[C@@H](CCN)C(=O)C[C@H](C(=O)N[C@@H](CCN)C(=O)C[C@H]1CCNC(=O)[C@H](C(C)O)NC(=O)[C@H](CCN)CC(=O)[C@H](CCN)NC(=O)[C@H](CC(C)C)NC(=O)[C@@H](Cc2ccccc2)NC(=O)[C@H](CCN)NC1=O)C(C)O. The summed E-state index contributed by atoms with van der Waals surface area (Å²) in [5.74, 6) is -13.8. The van der Waals surface area contributed by atoms with Crippen LogP contribution in [0.5, 0.6) is 0 Å². The summed E-state index contributed by atoms with van der Waals surface area (Å²) in [7, 11) is 0. The number of aliphatic hydroxyl groups excluding tert-OH is 2. The predicted molar refractivity (Wildman–Crippen MR) is 321 cm³/mol. The van der Waals surface area contributed by atoms with E-state index in [4.69, 9.17) is 33.4 Å². The third-order valence-corrected chi connectivity index (χ3v) is 14.8. The number of nitrogens with two attached hydrogens (primary N) is 5. The Bertz CT molecular complexity index is 2420. The standard InChI is InChI=1S/C59H99N13O15/c1-7-11-34(4)87-51(79)15-14-50(78)66-41(17-23-61)49(77)32-40(35(5)73)55(82)67-42(18-24-62)48(76)31-39-21-27-65-59(86)52(36(6)74)72-54(81)38(16-22-60)30-47(75)43(19-25-63)68-57(84)45(28-33(2)3)70-58(85)46(29-37-12-9-8-10-13-37)71-56(83)44(20-26-64)69-53(39)80/h8-10,12-13,33-36,38-46,52,73-74H,7,11,14-32,60-64H2,1-6H3,(H,65,86)(H,66,78)(H,67,82)(H,68,84)(H,69,80)(H,70,85)(H,71,83)(H,72,81)/t34?,35?,36?,38-,39-,40+,41+,42+,43+,44+,45+,46-,52+/m1/s1. The number of hydrogen-bond acceptors (Lipinski definition) is 20. The molecule has 20 N–H and O–H groups in total. The van der Waals surface area contributed by atoms with Gasteiger partial charge in [0.15, 0.2) is 17.3 Å². The summed E-state index contributed by atoms with van der Waals surface area (Å²) in [5, 5.41) is 42.6. The van der Waals surface area contributed by atoms with Gasteiger partial charge in [-0.1, -0.05) is 57.5 Å². The van der Waals surface area contributed by atoms with Crippen LogP contribution in [0.15, 0.2) is 30.3 Å². The molecule has 13 atom stereocenters. The number of amides is 8. The molecule has 1 heterocycles. The summed E-state index contributed by atoms with van der Waals surface area (Å²) >= 11 is 0. The average Bonchev–Trinajstić information content (AvgIpc) is 3.64. The minimum absolute atomic E-state index is 0.0622. The van der Waals surface area contributed by atoms with Gasteiger partial charge in [0.2, 0.25) is 47.3 Å². The molecule has 1 aromatic carbocycles. The first-order valence-electron chi connectivity index (χ1n) is 30.3. The highest BCUT2D eigenvalue weighted by Crippen LogP contribution is 2.19. The topological polar surface area (TPSA) is 481 Å². The second kappa shape index (κ2) is 40.6. The summed E-state index contributed by atoms with van der Waals surface area (Å²) < 4.78 is 5.30. The molecule has 1 fully saturated rings. The van der Waals surface area contributed by atoms with E-state index < -0.39 is 169 Å². The number of ether oxygens (including phenoxy) is 1. The normalized spacial score (nSPS) is 22.7. The fraction of sp³-hybridized carbons (Fsp3) is 0.695. The molecule has 0 saturated carbocycles. The summed E-state index contributed by atoms with van der Waals surface area (Å²) in [6.45, 7) is 8.71. The molecule has 0 bridgehead atoms. The average molecular weight is 1230 g/mol. The van der Waals surface area contributed by atoms with Gasteiger partial charge in [-0.3, -0.25) is 57.5 Å². The van der Waals surface area contributed by atoms with Crippen LogP contribution in [0.4, 0.5) is 0 Å². The zero-order valence-electron chi connectivity index (χ0n) is 51.4. The zero-order valence-corrected chi connectivity index (χ0v) is 51.4. The Morgan fingerprint density at radius 1 is 0.621 bits per heavy atom. The fourth-order valence-electron chi connectivity index (χ4n) is 9.87. The molecule has 2 rings (SSSR count). The molecular formula is C59H99N13O15. The van der Waals surface area contributed by atoms with Crippen molar-refractivity contribution in [3.63, 3.8) is 0 Å². The first kappa shape index (κ1) is 76.3. The molecular weight excluding hydrogens is 1130 g/mol. The van der Waals surface area contributed by atoms with Gasteiger partial charge in [0.25, 0.3) is 0 Å². The second-order valence-electron chi connectivity index (χ2n) is 22.8. The van der Waals surface area contributed by atoms with Crippen LogP contribution in [-0.2, 0) is 68.7 Å². The molecule has 28 heteroatoms. The third-order valence-electron chi connectivity index (χ3n) is 14.8. The lowest BCUT2D eigenvalue weighted by Crippen LogP contribution is -2.59. The van der Waals surface area contributed by atoms with Crippen molar-refractivity contribution in [2.45, 2.75) is 198 Å². The van der Waals surface area contributed by atoms with E-state index in [9.17, 15) is 67.7 Å². The molecule has 28 nitrogen and oxygen atoms in total. The largest absolute Gasteiger partial charge is 0.463 e. The summed E-state index contributed by atoms with van der Waals surface area (Å²) in [5.41, 5.74) is 30.1. The van der Waals surface area contributed by atoms with Gasteiger partial charge < -0.3 is 86.2 Å². The van der Waals surface area contributed by atoms with E-state index in [0.717, 1.165) is 6.42 Å². The maximum Gasteiger partial charge on any atom is 0.306 e. The van der Waals surface area contributed by atoms with Gasteiger partial charge in [0, 0.05) is 50.5 Å². The van der Waals surface area contributed by atoms with E-state index in [1.54, 1.807) is 51.1 Å². The number of Topliss-reactive ketones (excluding diaryl/α,β-unsaturated/α-hetero) is 3. The highest BCUT2D eigenvalue weighted by molar-refractivity contribution is 5.99. The Labute approximate surface area is 510 Å². The molecule has 87 heavy (non-hydrogen) atoms. The van der Waals surface area contributed by atoms with Crippen molar-refractivity contribution in [2.24, 2.45) is 52.3 Å². The van der Waals surface area contributed by atoms with Crippen LogP contribution < -0.4 is 71.2 Å². The highest BCUT2D eigenvalue weighted by Gasteiger charge is 2.38. The first-order valence-corrected chi connectivity index (χ1v) is 30.3. The van der Waals surface area contributed by atoms with Crippen molar-refractivity contribution >= 4 is 70.6 Å². The first-order chi connectivity index (χ1) is 41.2. The number of rotatable bonds is 31. The predicted octanol–water partition coefficient (Wildman–Crippen LogP) is -3.07. The number of ketones is 3. The molecule has 0 radical (unpaired) electrons. The Balaban J connectivity index is 2.66. The Kier molecular flexibility index (Phi) is 35.6. The van der Waals surface area contributed by atoms with Crippen molar-refractivity contribution in [3.05, 3.63) is 35.9 Å². The van der Waals surface area contributed by atoms with Crippen molar-refractivity contribution in [1.29, 1.82) is 0 Å². The summed E-state index contributed by atoms with van der Waals surface area (Å²) in [4.78, 5) is 167. The van der Waals surface area contributed by atoms with Crippen molar-refractivity contribution in [3.8, 4) is 0 Å². The molecule has 8 amide bonds. The molecule has 0 spiro atoms. The summed E-state index contributed by atoms with van der Waals surface area (Å²) in [6, 6.07) is -1.10. The van der Waals surface area contributed by atoms with Crippen molar-refractivity contribution < 1.29 is 72.5 Å². The molecule has 1 aromatic rings. The molecule has 1 aliphatic heterocycles. The number of esters is 1. The zero-order chi connectivity index (χ0) is 65.3. The van der Waals surface area contributed by atoms with Gasteiger partial charge in [-0.15, -0.1) is 0 Å². The molecule has 0 aliphatic carbocycles. The Hall–Kier alpha value is -6.82. The quantitative estimate of drug-likeness (QED) is 0.0328. The molecule has 1 saturated heterocycles. The minimum atomic E-state index is -1.64. The van der Waals surface area contributed by atoms with E-state index in [-0.39, 0.29) is 109 Å². The van der Waals surface area contributed by atoms with E-state index in [2.05, 4.69) is 42.5 Å². The van der Waals surface area contributed by atoms with E-state index >= 15 is 0 Å². The van der Waals surface area contributed by atoms with Gasteiger partial charge >= 0.3 is 5.97 Å². The molecule has 490 valence electrons. The lowest BCUT2D eigenvalue weighted by Gasteiger charge is -2.28. The van der Waals surface area contributed by atoms with Crippen LogP contribution in [0.2, 0.25) is 0 Å². The maximum absolute atomic E-state index is 14.6. The van der Waals surface area contributed by atoms with Crippen molar-refractivity contribution in [2.75, 3.05) is 39.3 Å². The summed E-state index contributed by atoms with van der Waals surface area (Å²) in [6.07, 6.45) is -5.38. The van der Waals surface area contributed by atoms with Crippen LogP contribution in [0.1, 0.15) is 137 Å². The monoisotopic (exact) mass is 1230 g/mol. The molecule has 0 aromatic heterocycles. The number of aliphatic hydroxyl groups is 2. The third kappa shape index (κ3) is 27.8. The lowest BCUT2D eigenvalue weighted by atomic mass is 9.90. The van der Waals surface area contributed by atoms with Gasteiger partial charge in [0.1, 0.15) is 24.2 Å².